The quantitative estimate of drug-likeness (QED) is 0.232. The summed E-state index contributed by atoms with van der Waals surface area (Å²) in [5.41, 5.74) is 2.39. The van der Waals surface area contributed by atoms with Crippen LogP contribution in [0.1, 0.15) is 27.0 Å². The molecule has 160 valence electrons. The molecule has 3 aromatic rings. The fourth-order valence-corrected chi connectivity index (χ4v) is 2.95. The molecular formula is C24H18N2O6. The van der Waals surface area contributed by atoms with Gasteiger partial charge < -0.3 is 14.6 Å². The molecule has 0 saturated carbocycles. The predicted molar refractivity (Wildman–Crippen MR) is 117 cm³/mol. The van der Waals surface area contributed by atoms with Crippen molar-refractivity contribution in [2.45, 2.75) is 6.61 Å². The number of aromatic carboxylic acids is 1. The molecule has 1 N–H and O–H groups in total. The van der Waals surface area contributed by atoms with E-state index in [2.05, 4.69) is 6.07 Å². The Kier molecular flexibility index (Phi) is 6.83. The lowest BCUT2D eigenvalue weighted by molar-refractivity contribution is -0.384. The standard InChI is InChI=1S/C24H18N2O6/c1-31-23-13-16(11-20(14-25)18-6-8-19(9-7-18)24(27)28)5-10-22(23)32-15-17-3-2-4-21(12-17)26(29)30/h2-13H,15H2,1H3,(H,27,28)/b20-11-. The minimum Gasteiger partial charge on any atom is -0.493 e. The van der Waals surface area contributed by atoms with Crippen molar-refractivity contribution in [3.05, 3.63) is 99.1 Å². The van der Waals surface area contributed by atoms with Gasteiger partial charge in [-0.05, 0) is 47.0 Å². The second-order valence-electron chi connectivity index (χ2n) is 6.68. The molecule has 0 aromatic heterocycles. The fraction of sp³-hybridized carbons (Fsp3) is 0.0833. The average Bonchev–Trinajstić information content (AvgIpc) is 2.81. The SMILES string of the molecule is COc1cc(/C=C(/C#N)c2ccc(C(=O)O)cc2)ccc1OCc1cccc([N+](=O)[O-])c1. The van der Waals surface area contributed by atoms with Crippen molar-refractivity contribution in [1.82, 2.24) is 0 Å². The van der Waals surface area contributed by atoms with Gasteiger partial charge in [0.25, 0.3) is 5.69 Å². The van der Waals surface area contributed by atoms with Crippen LogP contribution in [0.5, 0.6) is 11.5 Å². The zero-order chi connectivity index (χ0) is 23.1. The number of hydrogen-bond donors (Lipinski definition) is 1. The van der Waals surface area contributed by atoms with Crippen molar-refractivity contribution < 1.29 is 24.3 Å². The average molecular weight is 430 g/mol. The van der Waals surface area contributed by atoms with E-state index in [1.54, 1.807) is 48.5 Å². The number of non-ortho nitro benzene ring substituents is 1. The first-order valence-corrected chi connectivity index (χ1v) is 9.41. The Morgan fingerprint density at radius 2 is 1.81 bits per heavy atom. The van der Waals surface area contributed by atoms with Crippen LogP contribution in [0.15, 0.2) is 66.7 Å². The molecule has 0 fully saturated rings. The Balaban J connectivity index is 1.81. The summed E-state index contributed by atoms with van der Waals surface area (Å²) in [5, 5.41) is 29.5. The molecule has 0 unspecified atom stereocenters. The highest BCUT2D eigenvalue weighted by molar-refractivity contribution is 5.92. The summed E-state index contributed by atoms with van der Waals surface area (Å²) in [6.07, 6.45) is 1.66. The van der Waals surface area contributed by atoms with E-state index in [0.29, 0.717) is 33.8 Å². The molecule has 32 heavy (non-hydrogen) atoms. The Hall–Kier alpha value is -4.64. The van der Waals surface area contributed by atoms with E-state index in [4.69, 9.17) is 14.6 Å². The van der Waals surface area contributed by atoms with Crippen LogP contribution >= 0.6 is 0 Å². The van der Waals surface area contributed by atoms with Crippen LogP contribution in [0, 0.1) is 21.4 Å². The molecule has 0 amide bonds. The van der Waals surface area contributed by atoms with E-state index in [1.807, 2.05) is 0 Å². The minimum atomic E-state index is -1.04. The number of rotatable bonds is 8. The number of nitrogens with zero attached hydrogens (tertiary/aromatic N) is 2. The largest absolute Gasteiger partial charge is 0.493 e. The highest BCUT2D eigenvalue weighted by Crippen LogP contribution is 2.31. The number of carbonyl (C=O) groups is 1. The lowest BCUT2D eigenvalue weighted by Crippen LogP contribution is -1.99. The molecule has 0 atom stereocenters. The van der Waals surface area contributed by atoms with Gasteiger partial charge in [-0.3, -0.25) is 10.1 Å². The maximum Gasteiger partial charge on any atom is 0.335 e. The van der Waals surface area contributed by atoms with Crippen LogP contribution < -0.4 is 9.47 Å². The summed E-state index contributed by atoms with van der Waals surface area (Å²) in [4.78, 5) is 21.5. The van der Waals surface area contributed by atoms with Crippen LogP contribution in [0.3, 0.4) is 0 Å². The molecule has 0 aliphatic heterocycles. The van der Waals surface area contributed by atoms with Gasteiger partial charge in [0.15, 0.2) is 11.5 Å². The first-order chi connectivity index (χ1) is 15.4. The van der Waals surface area contributed by atoms with Crippen molar-refractivity contribution in [3.8, 4) is 17.6 Å². The zero-order valence-electron chi connectivity index (χ0n) is 17.0. The van der Waals surface area contributed by atoms with E-state index in [-0.39, 0.29) is 17.9 Å². The maximum atomic E-state index is 11.0. The monoisotopic (exact) mass is 430 g/mol. The van der Waals surface area contributed by atoms with E-state index in [0.717, 1.165) is 0 Å². The maximum absolute atomic E-state index is 11.0. The van der Waals surface area contributed by atoms with Gasteiger partial charge in [-0.1, -0.05) is 30.3 Å². The highest BCUT2D eigenvalue weighted by atomic mass is 16.6. The molecular weight excluding hydrogens is 412 g/mol. The summed E-state index contributed by atoms with van der Waals surface area (Å²) >= 11 is 0. The second kappa shape index (κ2) is 9.91. The predicted octanol–water partition coefficient (Wildman–Crippen LogP) is 4.94. The van der Waals surface area contributed by atoms with Crippen molar-refractivity contribution in [2.24, 2.45) is 0 Å². The number of ether oxygens (including phenoxy) is 2. The molecule has 3 rings (SSSR count). The van der Waals surface area contributed by atoms with Crippen LogP contribution in [0.25, 0.3) is 11.6 Å². The molecule has 3 aromatic carbocycles. The number of benzene rings is 3. The summed E-state index contributed by atoms with van der Waals surface area (Å²) in [6, 6.07) is 19.4. The Labute approximate surface area is 183 Å². The van der Waals surface area contributed by atoms with Gasteiger partial charge in [0.05, 0.1) is 29.2 Å². The van der Waals surface area contributed by atoms with E-state index < -0.39 is 10.9 Å². The van der Waals surface area contributed by atoms with Crippen LogP contribution in [0.4, 0.5) is 5.69 Å². The molecule has 0 aliphatic rings. The van der Waals surface area contributed by atoms with Gasteiger partial charge in [0.2, 0.25) is 0 Å². The van der Waals surface area contributed by atoms with Gasteiger partial charge in [-0.2, -0.15) is 5.26 Å². The summed E-state index contributed by atoms with van der Waals surface area (Å²) in [7, 11) is 1.48. The third-order valence-electron chi connectivity index (χ3n) is 4.58. The van der Waals surface area contributed by atoms with Crippen LogP contribution in [0.2, 0.25) is 0 Å². The second-order valence-corrected chi connectivity index (χ2v) is 6.68. The van der Waals surface area contributed by atoms with Crippen molar-refractivity contribution in [1.29, 1.82) is 5.26 Å². The number of methoxy groups -OCH3 is 1. The van der Waals surface area contributed by atoms with Crippen molar-refractivity contribution >= 4 is 23.3 Å². The van der Waals surface area contributed by atoms with Crippen molar-refractivity contribution in [2.75, 3.05) is 7.11 Å². The normalized spacial score (nSPS) is 10.8. The molecule has 0 bridgehead atoms. The number of nitro groups is 1. The number of nitro benzene ring substituents is 1. The number of hydrogen-bond acceptors (Lipinski definition) is 6. The molecule has 0 aliphatic carbocycles. The van der Waals surface area contributed by atoms with E-state index >= 15 is 0 Å². The molecule has 0 spiro atoms. The number of carboxylic acids is 1. The smallest absolute Gasteiger partial charge is 0.335 e. The van der Waals surface area contributed by atoms with Crippen molar-refractivity contribution in [3.63, 3.8) is 0 Å². The molecule has 0 saturated heterocycles. The number of allylic oxidation sites excluding steroid dienone is 1. The third kappa shape index (κ3) is 5.29. The fourth-order valence-electron chi connectivity index (χ4n) is 2.95. The number of carboxylic acid groups (broad SMARTS) is 1. The van der Waals surface area contributed by atoms with E-state index in [1.165, 1.54) is 31.4 Å². The Morgan fingerprint density at radius 1 is 1.09 bits per heavy atom. The van der Waals surface area contributed by atoms with Gasteiger partial charge in [0.1, 0.15) is 6.61 Å². The van der Waals surface area contributed by atoms with E-state index in [9.17, 15) is 20.2 Å². The minimum absolute atomic E-state index is 0.0148. The van der Waals surface area contributed by atoms with Crippen LogP contribution in [-0.2, 0) is 6.61 Å². The van der Waals surface area contributed by atoms with Gasteiger partial charge >= 0.3 is 5.97 Å². The Bertz CT molecular complexity index is 1230. The zero-order valence-corrected chi connectivity index (χ0v) is 17.0. The first kappa shape index (κ1) is 22.1. The van der Waals surface area contributed by atoms with Gasteiger partial charge in [0, 0.05) is 12.1 Å². The van der Waals surface area contributed by atoms with Crippen LogP contribution in [-0.4, -0.2) is 23.1 Å². The highest BCUT2D eigenvalue weighted by Gasteiger charge is 2.10. The third-order valence-corrected chi connectivity index (χ3v) is 4.58. The topological polar surface area (TPSA) is 123 Å². The Morgan fingerprint density at radius 3 is 2.44 bits per heavy atom. The first-order valence-electron chi connectivity index (χ1n) is 9.41. The van der Waals surface area contributed by atoms with Gasteiger partial charge in [-0.15, -0.1) is 0 Å². The molecule has 8 nitrogen and oxygen atoms in total. The summed E-state index contributed by atoms with van der Waals surface area (Å²) in [5.74, 6) is -0.160. The lowest BCUT2D eigenvalue weighted by atomic mass is 10.0. The summed E-state index contributed by atoms with van der Waals surface area (Å²) in [6.45, 7) is 0.118. The molecule has 0 radical (unpaired) electrons. The summed E-state index contributed by atoms with van der Waals surface area (Å²) < 4.78 is 11.2. The molecule has 0 heterocycles. The molecule has 8 heteroatoms. The number of nitriles is 1. The van der Waals surface area contributed by atoms with Gasteiger partial charge in [-0.25, -0.2) is 4.79 Å². The lowest BCUT2D eigenvalue weighted by Gasteiger charge is -2.12.